The highest BCUT2D eigenvalue weighted by atomic mass is 15.1. The molecule has 0 fully saturated rings. The summed E-state index contributed by atoms with van der Waals surface area (Å²) < 4.78 is 4.20. The Bertz CT molecular complexity index is 1180. The number of pyridine rings is 1. The zero-order valence-electron chi connectivity index (χ0n) is 15.1. The molecule has 0 aliphatic heterocycles. The number of nitriles is 1. The number of fused-ring (bicyclic) bond motifs is 1. The van der Waals surface area contributed by atoms with Crippen LogP contribution in [0, 0.1) is 25.2 Å². The first-order valence-corrected chi connectivity index (χ1v) is 8.54. The molecule has 4 nitrogen and oxygen atoms in total. The van der Waals surface area contributed by atoms with Crippen LogP contribution in [0.3, 0.4) is 0 Å². The number of aromatic nitrogens is 3. The maximum absolute atomic E-state index is 9.56. The molecule has 4 aromatic rings. The minimum absolute atomic E-state index is 0.628. The van der Waals surface area contributed by atoms with Crippen molar-refractivity contribution >= 4 is 11.0 Å². The van der Waals surface area contributed by atoms with Gasteiger partial charge in [0.15, 0.2) is 11.9 Å². The van der Waals surface area contributed by atoms with E-state index < -0.39 is 0 Å². The number of rotatable bonds is 2. The van der Waals surface area contributed by atoms with Crippen LogP contribution >= 0.6 is 0 Å². The molecule has 0 unspecified atom stereocenters. The summed E-state index contributed by atoms with van der Waals surface area (Å²) in [4.78, 5) is 4.82. The van der Waals surface area contributed by atoms with Crippen LogP contribution < -0.4 is 4.57 Å². The van der Waals surface area contributed by atoms with Crippen LogP contribution in [0.4, 0.5) is 0 Å². The van der Waals surface area contributed by atoms with Gasteiger partial charge < -0.3 is 4.57 Å². The molecule has 0 spiro atoms. The first kappa shape index (κ1) is 16.0. The largest absolute Gasteiger partial charge is 0.327 e. The molecular weight excluding hydrogens is 320 g/mol. The summed E-state index contributed by atoms with van der Waals surface area (Å²) in [6, 6.07) is 20.3. The van der Waals surface area contributed by atoms with Crippen molar-refractivity contribution < 1.29 is 4.57 Å². The number of imidazole rings is 1. The number of benzene rings is 2. The average Bonchev–Trinajstić information content (AvgIpc) is 2.99. The number of aryl methyl sites for hydroxylation is 2. The molecule has 2 heterocycles. The van der Waals surface area contributed by atoms with E-state index in [0.29, 0.717) is 5.56 Å². The van der Waals surface area contributed by atoms with E-state index in [2.05, 4.69) is 41.2 Å². The normalized spacial score (nSPS) is 10.8. The molecule has 0 bridgehead atoms. The van der Waals surface area contributed by atoms with E-state index in [1.807, 2.05) is 55.7 Å². The molecule has 4 rings (SSSR count). The Hall–Kier alpha value is -3.45. The van der Waals surface area contributed by atoms with Gasteiger partial charge in [-0.2, -0.15) is 9.83 Å². The molecule has 0 atom stereocenters. The Labute approximate surface area is 152 Å². The second kappa shape index (κ2) is 6.12. The summed E-state index contributed by atoms with van der Waals surface area (Å²) in [5.74, 6) is 0.872. The van der Waals surface area contributed by atoms with Crippen molar-refractivity contribution in [2.45, 2.75) is 13.8 Å². The summed E-state index contributed by atoms with van der Waals surface area (Å²) >= 11 is 0. The minimum Gasteiger partial charge on any atom is -0.327 e. The third kappa shape index (κ3) is 2.46. The topological polar surface area (TPSA) is 45.5 Å². The Balaban J connectivity index is 2.03. The summed E-state index contributed by atoms with van der Waals surface area (Å²) in [6.07, 6.45) is 2.03. The first-order valence-electron chi connectivity index (χ1n) is 8.54. The van der Waals surface area contributed by atoms with Gasteiger partial charge in [-0.1, -0.05) is 18.2 Å². The Kier molecular flexibility index (Phi) is 3.78. The molecule has 4 heteroatoms. The van der Waals surface area contributed by atoms with Crippen molar-refractivity contribution in [2.24, 2.45) is 7.05 Å². The minimum atomic E-state index is 0.628. The van der Waals surface area contributed by atoms with Crippen molar-refractivity contribution in [3.8, 4) is 23.1 Å². The van der Waals surface area contributed by atoms with Crippen molar-refractivity contribution in [1.82, 2.24) is 9.55 Å². The molecular formula is C22H19N4+. The van der Waals surface area contributed by atoms with E-state index in [0.717, 1.165) is 39.4 Å². The van der Waals surface area contributed by atoms with E-state index in [1.54, 1.807) is 0 Å². The van der Waals surface area contributed by atoms with Crippen LogP contribution in [-0.4, -0.2) is 9.55 Å². The summed E-state index contributed by atoms with van der Waals surface area (Å²) in [7, 11) is 2.02. The third-order valence-electron chi connectivity index (χ3n) is 4.86. The molecule has 2 aromatic heterocycles. The lowest BCUT2D eigenvalue weighted by atomic mass is 10.0. The number of hydrogen-bond donors (Lipinski definition) is 0. The van der Waals surface area contributed by atoms with Gasteiger partial charge in [0.2, 0.25) is 5.69 Å². The Morgan fingerprint density at radius 1 is 1.04 bits per heavy atom. The van der Waals surface area contributed by atoms with E-state index in [9.17, 15) is 5.26 Å². The van der Waals surface area contributed by atoms with Crippen LogP contribution in [0.2, 0.25) is 0 Å². The van der Waals surface area contributed by atoms with Gasteiger partial charge >= 0.3 is 0 Å². The zero-order valence-corrected chi connectivity index (χ0v) is 15.1. The van der Waals surface area contributed by atoms with E-state index in [1.165, 1.54) is 0 Å². The van der Waals surface area contributed by atoms with E-state index >= 15 is 0 Å². The van der Waals surface area contributed by atoms with Gasteiger partial charge in [0.25, 0.3) is 0 Å². The maximum Gasteiger partial charge on any atom is 0.215 e. The third-order valence-corrected chi connectivity index (χ3v) is 4.86. The standard InChI is InChI=1S/C22H19N4/c1-15-8-6-7-11-26(15)21-13-17(14-23)12-18(16(21)2)22-24-19-9-4-5-10-20(19)25(22)3/h4-13H,1-3H3/q+1. The number of hydrogen-bond acceptors (Lipinski definition) is 2. The lowest BCUT2D eigenvalue weighted by Crippen LogP contribution is -2.34. The average molecular weight is 339 g/mol. The molecule has 26 heavy (non-hydrogen) atoms. The highest BCUT2D eigenvalue weighted by Gasteiger charge is 2.21. The maximum atomic E-state index is 9.56. The Morgan fingerprint density at radius 3 is 2.54 bits per heavy atom. The van der Waals surface area contributed by atoms with Gasteiger partial charge in [-0.25, -0.2) is 4.98 Å². The quantitative estimate of drug-likeness (QED) is 0.518. The predicted molar refractivity (Wildman–Crippen MR) is 102 cm³/mol. The van der Waals surface area contributed by atoms with Gasteiger partial charge in [-0.3, -0.25) is 0 Å². The van der Waals surface area contributed by atoms with Crippen molar-refractivity contribution in [3.05, 3.63) is 77.6 Å². The number of nitrogens with zero attached hydrogens (tertiary/aromatic N) is 4. The van der Waals surface area contributed by atoms with Gasteiger partial charge in [-0.15, -0.1) is 0 Å². The van der Waals surface area contributed by atoms with Gasteiger partial charge in [0.05, 0.1) is 22.7 Å². The van der Waals surface area contributed by atoms with Crippen molar-refractivity contribution in [3.63, 3.8) is 0 Å². The molecule has 0 saturated heterocycles. The van der Waals surface area contributed by atoms with Crippen LogP contribution in [-0.2, 0) is 7.05 Å². The SMILES string of the molecule is Cc1c(-c2nc3ccccc3n2C)cc(C#N)cc1-[n+]1ccccc1C. The molecule has 0 N–H and O–H groups in total. The highest BCUT2D eigenvalue weighted by molar-refractivity contribution is 5.82. The van der Waals surface area contributed by atoms with E-state index in [-0.39, 0.29) is 0 Å². The van der Waals surface area contributed by atoms with Crippen LogP contribution in [0.1, 0.15) is 16.8 Å². The monoisotopic (exact) mass is 339 g/mol. The number of para-hydroxylation sites is 2. The fourth-order valence-electron chi connectivity index (χ4n) is 3.43. The van der Waals surface area contributed by atoms with Gasteiger partial charge in [0.1, 0.15) is 5.82 Å². The molecule has 0 aliphatic carbocycles. The fourth-order valence-corrected chi connectivity index (χ4v) is 3.43. The molecule has 0 radical (unpaired) electrons. The predicted octanol–water partition coefficient (Wildman–Crippen LogP) is 4.01. The molecule has 0 amide bonds. The molecule has 2 aromatic carbocycles. The molecule has 0 aliphatic rings. The molecule has 126 valence electrons. The second-order valence-electron chi connectivity index (χ2n) is 6.47. The van der Waals surface area contributed by atoms with Crippen LogP contribution in [0.15, 0.2) is 60.8 Å². The summed E-state index contributed by atoms with van der Waals surface area (Å²) in [5.41, 5.74) is 6.86. The summed E-state index contributed by atoms with van der Waals surface area (Å²) in [6.45, 7) is 4.15. The Morgan fingerprint density at radius 2 is 1.81 bits per heavy atom. The van der Waals surface area contributed by atoms with Crippen LogP contribution in [0.5, 0.6) is 0 Å². The highest BCUT2D eigenvalue weighted by Crippen LogP contribution is 2.29. The smallest absolute Gasteiger partial charge is 0.215 e. The van der Waals surface area contributed by atoms with Crippen molar-refractivity contribution in [1.29, 1.82) is 5.26 Å². The zero-order chi connectivity index (χ0) is 18.3. The molecule has 0 saturated carbocycles. The fraction of sp³-hybridized carbons (Fsp3) is 0.136. The second-order valence-corrected chi connectivity index (χ2v) is 6.47. The van der Waals surface area contributed by atoms with Gasteiger partial charge in [0, 0.05) is 43.3 Å². The lowest BCUT2D eigenvalue weighted by molar-refractivity contribution is -0.603. The first-order chi connectivity index (χ1) is 12.6. The van der Waals surface area contributed by atoms with Gasteiger partial charge in [-0.05, 0) is 25.1 Å². The van der Waals surface area contributed by atoms with Crippen LogP contribution in [0.25, 0.3) is 28.1 Å². The summed E-state index contributed by atoms with van der Waals surface area (Å²) in [5, 5.41) is 9.56. The lowest BCUT2D eigenvalue weighted by Gasteiger charge is -2.10. The van der Waals surface area contributed by atoms with Crippen molar-refractivity contribution in [2.75, 3.05) is 0 Å². The van der Waals surface area contributed by atoms with E-state index in [4.69, 9.17) is 4.98 Å².